The number of hydrogen-bond acceptors (Lipinski definition) is 5. The molecule has 0 spiro atoms. The number of methoxy groups -OCH3 is 1. The molecule has 39 heavy (non-hydrogen) atoms. The van der Waals surface area contributed by atoms with Crippen LogP contribution in [0.15, 0.2) is 55.1 Å². The summed E-state index contributed by atoms with van der Waals surface area (Å²) in [5.74, 6) is 0.855. The van der Waals surface area contributed by atoms with Gasteiger partial charge >= 0.3 is 6.18 Å². The van der Waals surface area contributed by atoms with Crippen molar-refractivity contribution in [3.8, 4) is 39.5 Å². The lowest BCUT2D eigenvalue weighted by Gasteiger charge is -2.38. The fourth-order valence-electron chi connectivity index (χ4n) is 4.34. The maximum absolute atomic E-state index is 14.6. The number of hydrogen-bond donors (Lipinski definition) is 1. The molecule has 0 aliphatic carbocycles. The number of para-hydroxylation sites is 1. The van der Waals surface area contributed by atoms with E-state index in [1.807, 2.05) is 18.2 Å². The molecular formula is C28H34F3N5O2Si. The van der Waals surface area contributed by atoms with E-state index in [-0.39, 0.29) is 28.7 Å². The van der Waals surface area contributed by atoms with Crippen molar-refractivity contribution in [2.45, 2.75) is 64.7 Å². The number of nitrogens with one attached hydrogen (secondary N) is 1. The third kappa shape index (κ3) is 5.79. The van der Waals surface area contributed by atoms with E-state index < -0.39 is 26.3 Å². The molecule has 7 nitrogen and oxygen atoms in total. The van der Waals surface area contributed by atoms with Crippen molar-refractivity contribution in [1.82, 2.24) is 24.7 Å². The molecule has 3 aromatic heterocycles. The van der Waals surface area contributed by atoms with E-state index >= 15 is 0 Å². The van der Waals surface area contributed by atoms with E-state index in [2.05, 4.69) is 53.9 Å². The third-order valence-electron chi connectivity index (χ3n) is 7.18. The highest BCUT2D eigenvalue weighted by molar-refractivity contribution is 6.74. The SMILES string of the molecule is COc1ccccc1-c1c[nH]c(-c2cnn(C[C@@H](C)O[Si](C)(C)C(C)(C)C)c2C(F)(F)F)c1-c1ncccn1. The van der Waals surface area contributed by atoms with E-state index in [1.165, 1.54) is 6.20 Å². The number of rotatable bonds is 8. The van der Waals surface area contributed by atoms with Crippen molar-refractivity contribution in [1.29, 1.82) is 0 Å². The monoisotopic (exact) mass is 557 g/mol. The van der Waals surface area contributed by atoms with Crippen molar-refractivity contribution in [3.63, 3.8) is 0 Å². The Morgan fingerprint density at radius 2 is 1.67 bits per heavy atom. The van der Waals surface area contributed by atoms with E-state index in [1.54, 1.807) is 44.8 Å². The van der Waals surface area contributed by atoms with Crippen LogP contribution in [0.1, 0.15) is 33.4 Å². The summed E-state index contributed by atoms with van der Waals surface area (Å²) in [6.45, 7) is 12.2. The van der Waals surface area contributed by atoms with Gasteiger partial charge in [-0.1, -0.05) is 39.0 Å². The molecule has 3 heterocycles. The first-order valence-electron chi connectivity index (χ1n) is 12.7. The summed E-state index contributed by atoms with van der Waals surface area (Å²) in [5, 5.41) is 4.11. The van der Waals surface area contributed by atoms with Gasteiger partial charge in [0, 0.05) is 35.3 Å². The van der Waals surface area contributed by atoms with E-state index in [0.29, 0.717) is 22.4 Å². The highest BCUT2D eigenvalue weighted by atomic mass is 28.4. The van der Waals surface area contributed by atoms with Gasteiger partial charge in [-0.2, -0.15) is 18.3 Å². The summed E-state index contributed by atoms with van der Waals surface area (Å²) in [7, 11) is -0.650. The number of benzene rings is 1. The number of halogens is 3. The predicted molar refractivity (Wildman–Crippen MR) is 148 cm³/mol. The summed E-state index contributed by atoms with van der Waals surface area (Å²) in [6.07, 6.45) is 0.862. The van der Waals surface area contributed by atoms with Crippen LogP contribution in [0.5, 0.6) is 5.75 Å². The van der Waals surface area contributed by atoms with Gasteiger partial charge in [0.2, 0.25) is 0 Å². The Bertz CT molecular complexity index is 1430. The Hall–Kier alpha value is -3.44. The van der Waals surface area contributed by atoms with Gasteiger partial charge in [-0.05, 0) is 37.2 Å². The molecule has 11 heteroatoms. The minimum Gasteiger partial charge on any atom is -0.496 e. The molecule has 0 amide bonds. The van der Waals surface area contributed by atoms with Crippen molar-refractivity contribution >= 4 is 8.32 Å². The Kier molecular flexibility index (Phi) is 7.77. The molecule has 0 aliphatic heterocycles. The Morgan fingerprint density at radius 3 is 2.28 bits per heavy atom. The van der Waals surface area contributed by atoms with Gasteiger partial charge in [0.05, 0.1) is 37.2 Å². The largest absolute Gasteiger partial charge is 0.496 e. The highest BCUT2D eigenvalue weighted by Crippen LogP contribution is 2.45. The van der Waals surface area contributed by atoms with E-state index in [0.717, 1.165) is 4.68 Å². The molecule has 0 saturated carbocycles. The first kappa shape index (κ1) is 28.6. The molecule has 0 radical (unpaired) electrons. The number of ether oxygens (including phenoxy) is 1. The van der Waals surface area contributed by atoms with Crippen molar-refractivity contribution in [3.05, 3.63) is 60.8 Å². The van der Waals surface area contributed by atoms with Crippen LogP contribution in [-0.4, -0.2) is 46.3 Å². The summed E-state index contributed by atoms with van der Waals surface area (Å²) in [5.41, 5.74) is 1.00. The predicted octanol–water partition coefficient (Wildman–Crippen LogP) is 7.44. The summed E-state index contributed by atoms with van der Waals surface area (Å²) in [6, 6.07) is 8.95. The average Bonchev–Trinajstić information content (AvgIpc) is 3.47. The number of nitrogens with zero attached hydrogens (tertiary/aromatic N) is 4. The second-order valence-corrected chi connectivity index (χ2v) is 15.8. The second-order valence-electron chi connectivity index (χ2n) is 11.0. The van der Waals surface area contributed by atoms with Crippen molar-refractivity contribution in [2.75, 3.05) is 7.11 Å². The first-order valence-corrected chi connectivity index (χ1v) is 15.6. The van der Waals surface area contributed by atoms with Crippen LogP contribution in [0.2, 0.25) is 18.1 Å². The molecule has 1 atom stereocenters. The normalized spacial score (nSPS) is 13.5. The summed E-state index contributed by atoms with van der Waals surface area (Å²) >= 11 is 0. The van der Waals surface area contributed by atoms with Crippen LogP contribution < -0.4 is 4.74 Å². The zero-order valence-electron chi connectivity index (χ0n) is 23.2. The lowest BCUT2D eigenvalue weighted by Crippen LogP contribution is -2.44. The van der Waals surface area contributed by atoms with Crippen LogP contribution in [0.3, 0.4) is 0 Å². The lowest BCUT2D eigenvalue weighted by molar-refractivity contribution is -0.144. The zero-order chi connectivity index (χ0) is 28.6. The molecule has 0 fully saturated rings. The maximum Gasteiger partial charge on any atom is 0.433 e. The molecule has 1 aromatic carbocycles. The van der Waals surface area contributed by atoms with E-state index in [9.17, 15) is 13.2 Å². The smallest absolute Gasteiger partial charge is 0.433 e. The van der Waals surface area contributed by atoms with Crippen LogP contribution >= 0.6 is 0 Å². The van der Waals surface area contributed by atoms with Crippen LogP contribution in [-0.2, 0) is 17.1 Å². The molecule has 0 saturated heterocycles. The molecule has 4 aromatic rings. The van der Waals surface area contributed by atoms with Gasteiger partial charge < -0.3 is 14.1 Å². The van der Waals surface area contributed by atoms with Gasteiger partial charge in [0.15, 0.2) is 19.8 Å². The molecule has 0 bridgehead atoms. The molecule has 0 unspecified atom stereocenters. The fourth-order valence-corrected chi connectivity index (χ4v) is 5.78. The molecule has 1 N–H and O–H groups in total. The zero-order valence-corrected chi connectivity index (χ0v) is 24.2. The van der Waals surface area contributed by atoms with Crippen LogP contribution in [0, 0.1) is 0 Å². The average molecular weight is 558 g/mol. The number of alkyl halides is 3. The topological polar surface area (TPSA) is 77.8 Å². The molecule has 4 rings (SSSR count). The Labute approximate surface area is 227 Å². The summed E-state index contributed by atoms with van der Waals surface area (Å²) in [4.78, 5) is 11.8. The fraction of sp³-hybridized carbons (Fsp3) is 0.393. The first-order chi connectivity index (χ1) is 18.2. The van der Waals surface area contributed by atoms with Gasteiger partial charge in [-0.25, -0.2) is 9.97 Å². The quantitative estimate of drug-likeness (QED) is 0.228. The Balaban J connectivity index is 1.85. The second kappa shape index (κ2) is 10.6. The molecule has 0 aliphatic rings. The lowest BCUT2D eigenvalue weighted by atomic mass is 9.98. The van der Waals surface area contributed by atoms with Gasteiger partial charge in [0.25, 0.3) is 0 Å². The minimum absolute atomic E-state index is 0.0431. The number of H-pyrrole nitrogens is 1. The number of aromatic nitrogens is 5. The van der Waals surface area contributed by atoms with Crippen molar-refractivity contribution < 1.29 is 22.3 Å². The van der Waals surface area contributed by atoms with E-state index in [4.69, 9.17) is 9.16 Å². The van der Waals surface area contributed by atoms with Crippen molar-refractivity contribution in [2.24, 2.45) is 0 Å². The maximum atomic E-state index is 14.6. The van der Waals surface area contributed by atoms with Crippen LogP contribution in [0.25, 0.3) is 33.8 Å². The molecule has 208 valence electrons. The standard InChI is InChI=1S/C28H34F3N5O2Si/c1-18(38-39(6,7)27(2,3)4)17-36-25(28(29,30)31)21(16-35-36)24-23(26-32-13-10-14-33-26)20(15-34-24)19-11-8-9-12-22(19)37-5/h8-16,18,34H,17H2,1-7H3/t18-/m1/s1. The number of aromatic amines is 1. The minimum atomic E-state index is -4.67. The summed E-state index contributed by atoms with van der Waals surface area (Å²) < 4.78 is 56.8. The van der Waals surface area contributed by atoms with Gasteiger partial charge in [0.1, 0.15) is 5.75 Å². The third-order valence-corrected chi connectivity index (χ3v) is 11.8. The highest BCUT2D eigenvalue weighted by Gasteiger charge is 2.42. The Morgan fingerprint density at radius 1 is 1.00 bits per heavy atom. The van der Waals surface area contributed by atoms with Crippen LogP contribution in [0.4, 0.5) is 13.2 Å². The van der Waals surface area contributed by atoms with Gasteiger partial charge in [-0.15, -0.1) is 0 Å². The molecular weight excluding hydrogens is 523 g/mol. The van der Waals surface area contributed by atoms with Gasteiger partial charge in [-0.3, -0.25) is 4.68 Å².